The number of nitrogens with zero attached hydrogens (tertiary/aromatic N) is 1. The van der Waals surface area contributed by atoms with Crippen LogP contribution in [-0.2, 0) is 4.79 Å². The molecule has 0 spiro atoms. The highest BCUT2D eigenvalue weighted by Gasteiger charge is 2.53. The number of piperidine rings is 2. The molecule has 0 radical (unpaired) electrons. The largest absolute Gasteiger partial charge is 0.477 e. The minimum Gasteiger partial charge on any atom is -0.477 e. The Morgan fingerprint density at radius 1 is 1.26 bits per heavy atom. The molecule has 0 aromatic rings. The van der Waals surface area contributed by atoms with Gasteiger partial charge in [0, 0.05) is 12.3 Å². The van der Waals surface area contributed by atoms with E-state index in [-0.39, 0.29) is 0 Å². The second-order valence-electron chi connectivity index (χ2n) is 7.55. The number of carbonyl (C=O) groups is 1. The van der Waals surface area contributed by atoms with Crippen LogP contribution in [0, 0.1) is 17.8 Å². The van der Waals surface area contributed by atoms with Gasteiger partial charge in [-0.3, -0.25) is 0 Å². The van der Waals surface area contributed by atoms with Crippen LogP contribution in [0.1, 0.15) is 53.4 Å². The second kappa shape index (κ2) is 5.43. The summed E-state index contributed by atoms with van der Waals surface area (Å²) in [5.41, 5.74) is 0. The standard InChI is InChI=1S/C16H29NO2/c1-11(2)7-14-8-15-6-5-13(14)9-17(15,12(3)4)10-16(18)19/h11-15H,5-10H2,1-4H3/p+1/t13?,14?,15-,17?/m0/s1. The third kappa shape index (κ3) is 2.81. The number of hydrogen-bond donors (Lipinski definition) is 1. The Bertz CT molecular complexity index is 340. The molecule has 3 fully saturated rings. The maximum absolute atomic E-state index is 11.3. The van der Waals surface area contributed by atoms with Crippen molar-refractivity contribution in [3.63, 3.8) is 0 Å². The summed E-state index contributed by atoms with van der Waals surface area (Å²) in [6.45, 7) is 10.5. The summed E-state index contributed by atoms with van der Waals surface area (Å²) in [4.78, 5) is 11.3. The number of quaternary nitrogens is 1. The van der Waals surface area contributed by atoms with Crippen molar-refractivity contribution in [1.82, 2.24) is 0 Å². The van der Waals surface area contributed by atoms with Crippen molar-refractivity contribution in [2.24, 2.45) is 17.8 Å². The molecular formula is C16H30NO2+. The van der Waals surface area contributed by atoms with E-state index in [1.165, 1.54) is 25.7 Å². The first-order valence-electron chi connectivity index (χ1n) is 7.93. The van der Waals surface area contributed by atoms with Crippen molar-refractivity contribution in [2.75, 3.05) is 13.1 Å². The Labute approximate surface area is 117 Å². The van der Waals surface area contributed by atoms with E-state index in [2.05, 4.69) is 27.7 Å². The predicted octanol–water partition coefficient (Wildman–Crippen LogP) is 3.14. The Hall–Kier alpha value is -0.570. The number of carboxylic acids is 1. The molecule has 19 heavy (non-hydrogen) atoms. The van der Waals surface area contributed by atoms with Crippen LogP contribution in [-0.4, -0.2) is 40.7 Å². The van der Waals surface area contributed by atoms with Gasteiger partial charge in [-0.05, 0) is 44.9 Å². The van der Waals surface area contributed by atoms with Gasteiger partial charge in [0.2, 0.25) is 0 Å². The summed E-state index contributed by atoms with van der Waals surface area (Å²) < 4.78 is 0.842. The Morgan fingerprint density at radius 2 is 1.95 bits per heavy atom. The van der Waals surface area contributed by atoms with Crippen LogP contribution in [0.15, 0.2) is 0 Å². The highest BCUT2D eigenvalue weighted by molar-refractivity contribution is 5.68. The van der Waals surface area contributed by atoms with Gasteiger partial charge in [0.15, 0.2) is 6.54 Å². The van der Waals surface area contributed by atoms with Crippen LogP contribution in [0.25, 0.3) is 0 Å². The van der Waals surface area contributed by atoms with Gasteiger partial charge in [0.25, 0.3) is 0 Å². The van der Waals surface area contributed by atoms with Crippen LogP contribution in [0.3, 0.4) is 0 Å². The molecule has 0 amide bonds. The first kappa shape index (κ1) is 14.8. The first-order valence-corrected chi connectivity index (χ1v) is 7.93. The minimum absolute atomic E-state index is 0.327. The van der Waals surface area contributed by atoms with E-state index in [1.54, 1.807) is 0 Å². The van der Waals surface area contributed by atoms with Crippen LogP contribution in [0.5, 0.6) is 0 Å². The quantitative estimate of drug-likeness (QED) is 0.778. The molecule has 2 aliphatic heterocycles. The van der Waals surface area contributed by atoms with Crippen LogP contribution in [0.4, 0.5) is 0 Å². The summed E-state index contributed by atoms with van der Waals surface area (Å²) in [6, 6.07) is 1.02. The topological polar surface area (TPSA) is 37.3 Å². The molecule has 3 heteroatoms. The Kier molecular flexibility index (Phi) is 4.24. The molecule has 3 aliphatic rings. The molecule has 110 valence electrons. The van der Waals surface area contributed by atoms with Gasteiger partial charge in [-0.15, -0.1) is 0 Å². The van der Waals surface area contributed by atoms with E-state index in [0.29, 0.717) is 18.6 Å². The summed E-state index contributed by atoms with van der Waals surface area (Å²) in [5, 5.41) is 9.30. The molecule has 2 heterocycles. The second-order valence-corrected chi connectivity index (χ2v) is 7.55. The van der Waals surface area contributed by atoms with Crippen molar-refractivity contribution < 1.29 is 14.4 Å². The van der Waals surface area contributed by atoms with Gasteiger partial charge in [-0.25, -0.2) is 4.79 Å². The zero-order valence-corrected chi connectivity index (χ0v) is 12.9. The molecule has 0 aromatic heterocycles. The predicted molar refractivity (Wildman–Crippen MR) is 76.8 cm³/mol. The molecule has 0 aromatic carbocycles. The van der Waals surface area contributed by atoms with E-state index in [4.69, 9.17) is 0 Å². The molecule has 1 aliphatic carbocycles. The van der Waals surface area contributed by atoms with Gasteiger partial charge in [0.05, 0.1) is 18.6 Å². The summed E-state index contributed by atoms with van der Waals surface area (Å²) >= 11 is 0. The smallest absolute Gasteiger partial charge is 0.359 e. The maximum Gasteiger partial charge on any atom is 0.359 e. The Morgan fingerprint density at radius 3 is 2.37 bits per heavy atom. The highest BCUT2D eigenvalue weighted by Crippen LogP contribution is 2.47. The zero-order chi connectivity index (χ0) is 14.2. The lowest BCUT2D eigenvalue weighted by atomic mass is 9.67. The third-order valence-electron chi connectivity index (χ3n) is 5.65. The average Bonchev–Trinajstić information content (AvgIpc) is 2.28. The Balaban J connectivity index is 2.16. The fourth-order valence-electron chi connectivity index (χ4n) is 4.75. The van der Waals surface area contributed by atoms with E-state index in [1.807, 2.05) is 0 Å². The summed E-state index contributed by atoms with van der Waals surface area (Å²) in [5.74, 6) is 1.75. The van der Waals surface area contributed by atoms with E-state index >= 15 is 0 Å². The number of hydrogen-bond acceptors (Lipinski definition) is 1. The fraction of sp³-hybridized carbons (Fsp3) is 0.938. The number of aliphatic carboxylic acids is 1. The van der Waals surface area contributed by atoms with Crippen molar-refractivity contribution in [1.29, 1.82) is 0 Å². The van der Waals surface area contributed by atoms with Gasteiger partial charge in [-0.1, -0.05) is 13.8 Å². The first-order chi connectivity index (χ1) is 8.85. The van der Waals surface area contributed by atoms with E-state index in [9.17, 15) is 9.90 Å². The zero-order valence-electron chi connectivity index (χ0n) is 12.9. The third-order valence-corrected chi connectivity index (χ3v) is 5.65. The fourth-order valence-corrected chi connectivity index (χ4v) is 4.75. The van der Waals surface area contributed by atoms with Crippen molar-refractivity contribution in [3.8, 4) is 0 Å². The molecule has 2 saturated heterocycles. The lowest BCUT2D eigenvalue weighted by Gasteiger charge is -2.58. The molecule has 2 bridgehead atoms. The van der Waals surface area contributed by atoms with E-state index < -0.39 is 5.97 Å². The van der Waals surface area contributed by atoms with Gasteiger partial charge >= 0.3 is 5.97 Å². The lowest BCUT2D eigenvalue weighted by Crippen LogP contribution is -2.69. The molecule has 3 unspecified atom stereocenters. The molecule has 4 atom stereocenters. The SMILES string of the molecule is CC(C)CC1C[C@@H]2CCC1C[N+]2(CC(=O)O)C(C)C. The van der Waals surface area contributed by atoms with Crippen LogP contribution >= 0.6 is 0 Å². The molecule has 1 saturated carbocycles. The van der Waals surface area contributed by atoms with Crippen molar-refractivity contribution >= 4 is 5.97 Å². The van der Waals surface area contributed by atoms with Gasteiger partial charge in [0.1, 0.15) is 0 Å². The highest BCUT2D eigenvalue weighted by atomic mass is 16.4. The molecule has 3 rings (SSSR count). The summed E-state index contributed by atoms with van der Waals surface area (Å²) in [6.07, 6.45) is 5.15. The molecule has 3 nitrogen and oxygen atoms in total. The normalized spacial score (nSPS) is 38.1. The number of carboxylic acid groups (broad SMARTS) is 1. The average molecular weight is 268 g/mol. The van der Waals surface area contributed by atoms with Crippen molar-refractivity contribution in [2.45, 2.75) is 65.5 Å². The van der Waals surface area contributed by atoms with Crippen LogP contribution < -0.4 is 0 Å². The number of rotatable bonds is 5. The monoisotopic (exact) mass is 268 g/mol. The van der Waals surface area contributed by atoms with Crippen LogP contribution in [0.2, 0.25) is 0 Å². The summed E-state index contributed by atoms with van der Waals surface area (Å²) in [7, 11) is 0. The molecule has 1 N–H and O–H groups in total. The minimum atomic E-state index is -0.623. The lowest BCUT2D eigenvalue weighted by molar-refractivity contribution is -0.978. The molecular weight excluding hydrogens is 238 g/mol. The van der Waals surface area contributed by atoms with Gasteiger partial charge in [-0.2, -0.15) is 0 Å². The van der Waals surface area contributed by atoms with Crippen molar-refractivity contribution in [3.05, 3.63) is 0 Å². The van der Waals surface area contributed by atoms with Gasteiger partial charge < -0.3 is 9.59 Å². The maximum atomic E-state index is 11.3. The number of fused-ring (bicyclic) bond motifs is 3. The van der Waals surface area contributed by atoms with E-state index in [0.717, 1.165) is 28.8 Å².